The zero-order valence-corrected chi connectivity index (χ0v) is 16.3. The highest BCUT2D eigenvalue weighted by Crippen LogP contribution is 2.38. The van der Waals surface area contributed by atoms with Crippen molar-refractivity contribution >= 4 is 0 Å². The number of aliphatic hydroxyl groups excluding tert-OH is 1. The van der Waals surface area contributed by atoms with Crippen LogP contribution < -0.4 is 19.5 Å². The van der Waals surface area contributed by atoms with Crippen molar-refractivity contribution in [2.75, 3.05) is 27.9 Å². The second kappa shape index (κ2) is 10.1. The van der Waals surface area contributed by atoms with Gasteiger partial charge < -0.3 is 24.6 Å². The molecule has 0 aromatic heterocycles. The number of halogens is 1. The first kappa shape index (κ1) is 21.0. The van der Waals surface area contributed by atoms with Gasteiger partial charge in [0.15, 0.2) is 11.5 Å². The van der Waals surface area contributed by atoms with Crippen molar-refractivity contribution in [3.8, 4) is 17.2 Å². The molecule has 0 aliphatic heterocycles. The fourth-order valence-corrected chi connectivity index (χ4v) is 3.01. The average Bonchev–Trinajstić information content (AvgIpc) is 2.64. The molecule has 6 heteroatoms. The molecule has 1 atom stereocenters. The first-order chi connectivity index (χ1) is 13.0. The van der Waals surface area contributed by atoms with Crippen LogP contribution in [0.25, 0.3) is 0 Å². The molecule has 0 saturated heterocycles. The lowest BCUT2D eigenvalue weighted by Crippen LogP contribution is -2.26. The molecule has 2 aromatic rings. The standard InChI is InChI=1S/C21H28FNO4/c1-14-7-15(9-17(22)8-14)5-6-18(24)13-23-12-16-10-19(25-2)21(27-4)20(11-16)26-3/h7-11,18,23-24H,5-6,12-13H2,1-4H3. The molecule has 0 aliphatic rings. The number of methoxy groups -OCH3 is 3. The largest absolute Gasteiger partial charge is 0.493 e. The van der Waals surface area contributed by atoms with Crippen molar-refractivity contribution in [2.24, 2.45) is 0 Å². The molecular formula is C21H28FNO4. The average molecular weight is 377 g/mol. The van der Waals surface area contributed by atoms with E-state index in [2.05, 4.69) is 5.32 Å². The molecule has 1 unspecified atom stereocenters. The maximum Gasteiger partial charge on any atom is 0.203 e. The summed E-state index contributed by atoms with van der Waals surface area (Å²) in [5.74, 6) is 1.50. The Hall–Kier alpha value is -2.31. The van der Waals surface area contributed by atoms with Crippen LogP contribution in [0, 0.1) is 12.7 Å². The summed E-state index contributed by atoms with van der Waals surface area (Å²) in [6.07, 6.45) is 0.673. The van der Waals surface area contributed by atoms with Crippen LogP contribution in [0.3, 0.4) is 0 Å². The highest BCUT2D eigenvalue weighted by molar-refractivity contribution is 5.53. The number of hydrogen-bond donors (Lipinski definition) is 2. The molecule has 0 bridgehead atoms. The van der Waals surface area contributed by atoms with E-state index in [1.54, 1.807) is 21.3 Å². The number of benzene rings is 2. The van der Waals surface area contributed by atoms with Crippen LogP contribution in [-0.2, 0) is 13.0 Å². The summed E-state index contributed by atoms with van der Waals surface area (Å²) in [4.78, 5) is 0. The topological polar surface area (TPSA) is 60.0 Å². The van der Waals surface area contributed by atoms with E-state index in [0.717, 1.165) is 16.7 Å². The van der Waals surface area contributed by atoms with E-state index in [1.165, 1.54) is 12.1 Å². The zero-order chi connectivity index (χ0) is 19.8. The van der Waals surface area contributed by atoms with Crippen molar-refractivity contribution in [1.29, 1.82) is 0 Å². The molecule has 27 heavy (non-hydrogen) atoms. The first-order valence-electron chi connectivity index (χ1n) is 8.90. The van der Waals surface area contributed by atoms with E-state index >= 15 is 0 Å². The van der Waals surface area contributed by atoms with E-state index in [4.69, 9.17) is 14.2 Å². The van der Waals surface area contributed by atoms with Crippen LogP contribution in [0.4, 0.5) is 4.39 Å². The van der Waals surface area contributed by atoms with Crippen LogP contribution in [0.15, 0.2) is 30.3 Å². The number of ether oxygens (including phenoxy) is 3. The van der Waals surface area contributed by atoms with Gasteiger partial charge in [-0.3, -0.25) is 0 Å². The zero-order valence-electron chi connectivity index (χ0n) is 16.3. The molecule has 2 N–H and O–H groups in total. The molecule has 0 heterocycles. The summed E-state index contributed by atoms with van der Waals surface area (Å²) in [5.41, 5.74) is 2.74. The van der Waals surface area contributed by atoms with Crippen molar-refractivity contribution in [3.63, 3.8) is 0 Å². The third-order valence-electron chi connectivity index (χ3n) is 4.30. The normalized spacial score (nSPS) is 11.9. The Bertz CT molecular complexity index is 706. The predicted molar refractivity (Wildman–Crippen MR) is 103 cm³/mol. The molecule has 2 rings (SSSR count). The minimum atomic E-state index is -0.518. The lowest BCUT2D eigenvalue weighted by molar-refractivity contribution is 0.161. The van der Waals surface area contributed by atoms with Gasteiger partial charge in [0.2, 0.25) is 5.75 Å². The summed E-state index contributed by atoms with van der Waals surface area (Å²) in [5, 5.41) is 13.4. The lowest BCUT2D eigenvalue weighted by atomic mass is 10.0. The fourth-order valence-electron chi connectivity index (χ4n) is 3.01. The van der Waals surface area contributed by atoms with Gasteiger partial charge in [-0.1, -0.05) is 6.07 Å². The van der Waals surface area contributed by atoms with E-state index in [0.29, 0.717) is 43.2 Å². The van der Waals surface area contributed by atoms with Crippen LogP contribution in [0.5, 0.6) is 17.2 Å². The number of rotatable bonds is 10. The van der Waals surface area contributed by atoms with Gasteiger partial charge in [-0.25, -0.2) is 4.39 Å². The minimum Gasteiger partial charge on any atom is -0.493 e. The minimum absolute atomic E-state index is 0.236. The first-order valence-corrected chi connectivity index (χ1v) is 8.90. The second-order valence-electron chi connectivity index (χ2n) is 6.49. The third kappa shape index (κ3) is 6.12. The molecule has 0 spiro atoms. The number of aryl methyl sites for hydroxylation is 2. The van der Waals surface area contributed by atoms with Gasteiger partial charge in [-0.2, -0.15) is 0 Å². The van der Waals surface area contributed by atoms with Crippen LogP contribution >= 0.6 is 0 Å². The molecule has 0 radical (unpaired) electrons. The highest BCUT2D eigenvalue weighted by Gasteiger charge is 2.13. The van der Waals surface area contributed by atoms with Crippen molar-refractivity contribution in [1.82, 2.24) is 5.32 Å². The van der Waals surface area contributed by atoms with Gasteiger partial charge >= 0.3 is 0 Å². The smallest absolute Gasteiger partial charge is 0.203 e. The highest BCUT2D eigenvalue weighted by atomic mass is 19.1. The van der Waals surface area contributed by atoms with Gasteiger partial charge in [-0.05, 0) is 60.7 Å². The number of nitrogens with one attached hydrogen (secondary N) is 1. The van der Waals surface area contributed by atoms with Gasteiger partial charge in [0, 0.05) is 13.1 Å². The van der Waals surface area contributed by atoms with E-state index < -0.39 is 6.10 Å². The maximum absolute atomic E-state index is 13.4. The lowest BCUT2D eigenvalue weighted by Gasteiger charge is -2.15. The number of hydrogen-bond acceptors (Lipinski definition) is 5. The fraction of sp³-hybridized carbons (Fsp3) is 0.429. The maximum atomic E-state index is 13.4. The Morgan fingerprint density at radius 3 is 2.19 bits per heavy atom. The van der Waals surface area contributed by atoms with Gasteiger partial charge in [0.05, 0.1) is 27.4 Å². The summed E-state index contributed by atoms with van der Waals surface area (Å²) >= 11 is 0. The van der Waals surface area contributed by atoms with Crippen LogP contribution in [-0.4, -0.2) is 39.1 Å². The molecular weight excluding hydrogens is 349 g/mol. The molecule has 5 nitrogen and oxygen atoms in total. The molecule has 2 aromatic carbocycles. The summed E-state index contributed by atoms with van der Waals surface area (Å²) in [6, 6.07) is 8.70. The van der Waals surface area contributed by atoms with Crippen molar-refractivity contribution in [2.45, 2.75) is 32.4 Å². The van der Waals surface area contributed by atoms with Gasteiger partial charge in [0.25, 0.3) is 0 Å². The third-order valence-corrected chi connectivity index (χ3v) is 4.30. The van der Waals surface area contributed by atoms with E-state index in [-0.39, 0.29) is 5.82 Å². The Labute approximate surface area is 160 Å². The summed E-state index contributed by atoms with van der Waals surface area (Å²) in [6.45, 7) is 2.85. The number of aliphatic hydroxyl groups is 1. The Morgan fingerprint density at radius 1 is 0.963 bits per heavy atom. The Kier molecular flexibility index (Phi) is 7.88. The van der Waals surface area contributed by atoms with Crippen LogP contribution in [0.2, 0.25) is 0 Å². The molecule has 148 valence electrons. The molecule has 0 saturated carbocycles. The SMILES string of the molecule is COc1cc(CNCC(O)CCc2cc(C)cc(F)c2)cc(OC)c1OC. The van der Waals surface area contributed by atoms with E-state index in [1.807, 2.05) is 25.1 Å². The summed E-state index contributed by atoms with van der Waals surface area (Å²) in [7, 11) is 4.72. The Balaban J connectivity index is 1.86. The van der Waals surface area contributed by atoms with Crippen LogP contribution in [0.1, 0.15) is 23.1 Å². The van der Waals surface area contributed by atoms with Crippen molar-refractivity contribution in [3.05, 3.63) is 52.8 Å². The molecule has 0 aliphatic carbocycles. The molecule has 0 fully saturated rings. The predicted octanol–water partition coefficient (Wildman–Crippen LogP) is 3.24. The van der Waals surface area contributed by atoms with Crippen molar-refractivity contribution < 1.29 is 23.7 Å². The van der Waals surface area contributed by atoms with E-state index in [9.17, 15) is 9.50 Å². The monoisotopic (exact) mass is 377 g/mol. The quantitative estimate of drug-likeness (QED) is 0.666. The molecule has 0 amide bonds. The van der Waals surface area contributed by atoms with Gasteiger partial charge in [0.1, 0.15) is 5.82 Å². The van der Waals surface area contributed by atoms with Gasteiger partial charge in [-0.15, -0.1) is 0 Å². The summed E-state index contributed by atoms with van der Waals surface area (Å²) < 4.78 is 29.4. The Morgan fingerprint density at radius 2 is 1.63 bits per heavy atom. The second-order valence-corrected chi connectivity index (χ2v) is 6.49.